The monoisotopic (exact) mass is 193 g/mol. The Morgan fingerprint density at radius 1 is 1.57 bits per heavy atom. The van der Waals surface area contributed by atoms with Crippen molar-refractivity contribution in [3.63, 3.8) is 0 Å². The van der Waals surface area contributed by atoms with Crippen molar-refractivity contribution in [3.8, 4) is 5.75 Å². The topological polar surface area (TPSA) is 9.23 Å². The van der Waals surface area contributed by atoms with Crippen LogP contribution in [0.5, 0.6) is 5.75 Å². The Balaban J connectivity index is 3.06. The van der Waals surface area contributed by atoms with Gasteiger partial charge in [0.25, 0.3) is 0 Å². The Hall–Kier alpha value is -1.31. The summed E-state index contributed by atoms with van der Waals surface area (Å²) in [5.74, 6) is 0.794. The van der Waals surface area contributed by atoms with Gasteiger partial charge in [-0.3, -0.25) is 0 Å². The van der Waals surface area contributed by atoms with E-state index in [0.717, 1.165) is 5.92 Å². The molecule has 0 aliphatic rings. The van der Waals surface area contributed by atoms with Gasteiger partial charge in [0, 0.05) is 11.5 Å². The van der Waals surface area contributed by atoms with E-state index in [9.17, 15) is 4.39 Å². The van der Waals surface area contributed by atoms with Crippen LogP contribution in [0.1, 0.15) is 19.4 Å². The van der Waals surface area contributed by atoms with Crippen LogP contribution >= 0.6 is 0 Å². The van der Waals surface area contributed by atoms with Gasteiger partial charge in [0.05, 0.1) is 6.61 Å². The van der Waals surface area contributed by atoms with Crippen molar-refractivity contribution in [1.82, 2.24) is 0 Å². The average molecular weight is 193 g/mol. The summed E-state index contributed by atoms with van der Waals surface area (Å²) in [5, 5.41) is 0. The van der Waals surface area contributed by atoms with Gasteiger partial charge >= 0.3 is 0 Å². The summed E-state index contributed by atoms with van der Waals surface area (Å²) < 4.78 is 18.9. The Kier molecular flexibility index (Phi) is 3.69. The molecule has 0 heterocycles. The third kappa shape index (κ3) is 2.13. The molecule has 2 heteroatoms. The minimum absolute atomic E-state index is 0.297. The normalized spacial score (nSPS) is 10.3. The first-order valence-electron chi connectivity index (χ1n) is 4.58. The molecule has 14 heavy (non-hydrogen) atoms. The van der Waals surface area contributed by atoms with E-state index < -0.39 is 0 Å². The van der Waals surface area contributed by atoms with Crippen LogP contribution in [0.3, 0.4) is 0 Å². The van der Waals surface area contributed by atoms with Crippen LogP contribution in [-0.4, -0.2) is 6.61 Å². The Morgan fingerprint density at radius 3 is 2.86 bits per heavy atom. The first-order chi connectivity index (χ1) is 6.70. The van der Waals surface area contributed by atoms with Gasteiger partial charge in [0.2, 0.25) is 0 Å². The van der Waals surface area contributed by atoms with E-state index in [-0.39, 0.29) is 5.82 Å². The van der Waals surface area contributed by atoms with Crippen molar-refractivity contribution in [1.29, 1.82) is 0 Å². The number of hydrogen-bond donors (Lipinski definition) is 0. The molecule has 1 aromatic carbocycles. The quantitative estimate of drug-likeness (QED) is 0.712. The van der Waals surface area contributed by atoms with Crippen molar-refractivity contribution in [3.05, 3.63) is 48.2 Å². The highest BCUT2D eigenvalue weighted by molar-refractivity contribution is 5.41. The molecule has 0 aliphatic heterocycles. The first-order valence-corrected chi connectivity index (χ1v) is 4.58. The van der Waals surface area contributed by atoms with Gasteiger partial charge in [-0.2, -0.15) is 0 Å². The maximum Gasteiger partial charge on any atom is 0.169 e. The molecule has 0 amide bonds. The molecule has 0 aliphatic carbocycles. The minimum Gasteiger partial charge on any atom is -0.491 e. The SMILES string of the molecule is C=C[C](C)c1cccc(OCC)c1F. The van der Waals surface area contributed by atoms with Crippen LogP contribution < -0.4 is 4.74 Å². The van der Waals surface area contributed by atoms with Gasteiger partial charge in [-0.25, -0.2) is 4.39 Å². The van der Waals surface area contributed by atoms with Gasteiger partial charge in [0.15, 0.2) is 11.6 Å². The molecule has 0 N–H and O–H groups in total. The van der Waals surface area contributed by atoms with E-state index in [1.165, 1.54) is 0 Å². The van der Waals surface area contributed by atoms with E-state index in [4.69, 9.17) is 4.74 Å². The molecule has 0 saturated heterocycles. The third-order valence-corrected chi connectivity index (χ3v) is 1.99. The molecular formula is C12H14FO. The summed E-state index contributed by atoms with van der Waals surface area (Å²) in [6.07, 6.45) is 1.63. The summed E-state index contributed by atoms with van der Waals surface area (Å²) in [7, 11) is 0. The van der Waals surface area contributed by atoms with Gasteiger partial charge in [-0.15, -0.1) is 6.58 Å². The van der Waals surface area contributed by atoms with Crippen molar-refractivity contribution in [2.45, 2.75) is 13.8 Å². The molecule has 0 atom stereocenters. The maximum atomic E-state index is 13.7. The van der Waals surface area contributed by atoms with E-state index in [1.807, 2.05) is 13.8 Å². The number of benzene rings is 1. The third-order valence-electron chi connectivity index (χ3n) is 1.99. The van der Waals surface area contributed by atoms with Crippen LogP contribution in [-0.2, 0) is 0 Å². The molecule has 0 aromatic heterocycles. The van der Waals surface area contributed by atoms with Crippen LogP contribution in [0.15, 0.2) is 30.9 Å². The first kappa shape index (κ1) is 10.8. The standard InChI is InChI=1S/C12H14FO/c1-4-9(3)10-7-6-8-11(12(10)13)14-5-2/h4,6-8H,1,5H2,2-3H3. The minimum atomic E-state index is -0.313. The van der Waals surface area contributed by atoms with E-state index in [1.54, 1.807) is 24.3 Å². The molecule has 0 saturated carbocycles. The van der Waals surface area contributed by atoms with E-state index >= 15 is 0 Å². The van der Waals surface area contributed by atoms with Crippen molar-refractivity contribution >= 4 is 0 Å². The Bertz CT molecular complexity index is 320. The zero-order valence-corrected chi connectivity index (χ0v) is 8.51. The molecule has 1 radical (unpaired) electrons. The molecule has 75 valence electrons. The summed E-state index contributed by atoms with van der Waals surface area (Å²) in [5.41, 5.74) is 0.547. The van der Waals surface area contributed by atoms with E-state index in [0.29, 0.717) is 17.9 Å². The number of allylic oxidation sites excluding steroid dienone is 1. The fraction of sp³-hybridized carbons (Fsp3) is 0.250. The summed E-state index contributed by atoms with van der Waals surface area (Å²) in [6, 6.07) is 5.12. The van der Waals surface area contributed by atoms with Crippen LogP contribution in [0.2, 0.25) is 0 Å². The fourth-order valence-electron chi connectivity index (χ4n) is 1.19. The second kappa shape index (κ2) is 4.80. The van der Waals surface area contributed by atoms with Gasteiger partial charge in [0.1, 0.15) is 0 Å². The van der Waals surface area contributed by atoms with Crippen molar-refractivity contribution < 1.29 is 9.13 Å². The number of rotatable bonds is 4. The highest BCUT2D eigenvalue weighted by atomic mass is 19.1. The lowest BCUT2D eigenvalue weighted by atomic mass is 10.0. The molecule has 0 bridgehead atoms. The highest BCUT2D eigenvalue weighted by Crippen LogP contribution is 2.26. The van der Waals surface area contributed by atoms with Gasteiger partial charge < -0.3 is 4.74 Å². The van der Waals surface area contributed by atoms with Crippen LogP contribution in [0.4, 0.5) is 4.39 Å². The van der Waals surface area contributed by atoms with E-state index in [2.05, 4.69) is 6.58 Å². The molecule has 0 unspecified atom stereocenters. The molecule has 1 nitrogen and oxygen atoms in total. The lowest BCUT2D eigenvalue weighted by molar-refractivity contribution is 0.320. The predicted molar refractivity (Wildman–Crippen MR) is 55.8 cm³/mol. The Labute approximate surface area is 84.2 Å². The molecule has 0 fully saturated rings. The summed E-state index contributed by atoms with van der Waals surface area (Å²) in [6.45, 7) is 7.73. The second-order valence-electron chi connectivity index (χ2n) is 2.94. The Morgan fingerprint density at radius 2 is 2.29 bits per heavy atom. The van der Waals surface area contributed by atoms with Crippen LogP contribution in [0, 0.1) is 11.7 Å². The molecule has 0 spiro atoms. The predicted octanol–water partition coefficient (Wildman–Crippen LogP) is 3.35. The number of halogens is 1. The summed E-state index contributed by atoms with van der Waals surface area (Å²) in [4.78, 5) is 0. The molecule has 1 rings (SSSR count). The average Bonchev–Trinajstić information content (AvgIpc) is 2.20. The largest absolute Gasteiger partial charge is 0.491 e. The lowest BCUT2D eigenvalue weighted by Crippen LogP contribution is -2.00. The second-order valence-corrected chi connectivity index (χ2v) is 2.94. The number of hydrogen-bond acceptors (Lipinski definition) is 1. The smallest absolute Gasteiger partial charge is 0.169 e. The van der Waals surface area contributed by atoms with Crippen molar-refractivity contribution in [2.24, 2.45) is 0 Å². The zero-order valence-electron chi connectivity index (χ0n) is 8.51. The van der Waals surface area contributed by atoms with Crippen molar-refractivity contribution in [2.75, 3.05) is 6.61 Å². The maximum absolute atomic E-state index is 13.7. The lowest BCUT2D eigenvalue weighted by Gasteiger charge is -2.10. The fourth-order valence-corrected chi connectivity index (χ4v) is 1.19. The highest BCUT2D eigenvalue weighted by Gasteiger charge is 2.12. The number of ether oxygens (including phenoxy) is 1. The molecular weight excluding hydrogens is 179 g/mol. The summed E-state index contributed by atoms with van der Waals surface area (Å²) >= 11 is 0. The molecule has 1 aromatic rings. The van der Waals surface area contributed by atoms with Gasteiger partial charge in [-0.1, -0.05) is 25.1 Å². The van der Waals surface area contributed by atoms with Crippen LogP contribution in [0.25, 0.3) is 0 Å². The van der Waals surface area contributed by atoms with Gasteiger partial charge in [-0.05, 0) is 13.0 Å². The zero-order chi connectivity index (χ0) is 10.6.